The lowest BCUT2D eigenvalue weighted by molar-refractivity contribution is -0.121. The van der Waals surface area contributed by atoms with Gasteiger partial charge in [-0.15, -0.1) is 0 Å². The van der Waals surface area contributed by atoms with Crippen molar-refractivity contribution in [3.63, 3.8) is 0 Å². The van der Waals surface area contributed by atoms with Gasteiger partial charge in [0.2, 0.25) is 5.91 Å². The van der Waals surface area contributed by atoms with Gasteiger partial charge >= 0.3 is 0 Å². The van der Waals surface area contributed by atoms with Gasteiger partial charge in [-0.25, -0.2) is 4.98 Å². The number of carbonyl (C=O) groups is 1. The highest BCUT2D eigenvalue weighted by molar-refractivity contribution is 9.10. The molecule has 1 aliphatic rings. The molecule has 2 heterocycles. The Bertz CT molecular complexity index is 784. The Morgan fingerprint density at radius 2 is 2.33 bits per heavy atom. The lowest BCUT2D eigenvalue weighted by Gasteiger charge is -2.22. The van der Waals surface area contributed by atoms with Gasteiger partial charge in [0.05, 0.1) is 17.2 Å². The van der Waals surface area contributed by atoms with E-state index >= 15 is 0 Å². The molecule has 0 saturated carbocycles. The fraction of sp³-hybridized carbons (Fsp3) is 0.471. The monoisotopic (exact) mass is 392 g/mol. The standard InChI is InChI=1S/C17H21BrN4O2/c18-13-3-4-15-14(8-13)17(24)22(11-21-15)7-5-16(23)20-10-12-2-1-6-19-9-12/h3-4,8,11-12,19H,1-2,5-7,9-10H2,(H,20,23). The smallest absolute Gasteiger partial charge is 0.261 e. The Balaban J connectivity index is 1.57. The summed E-state index contributed by atoms with van der Waals surface area (Å²) >= 11 is 3.37. The van der Waals surface area contributed by atoms with E-state index in [1.807, 2.05) is 6.07 Å². The molecule has 2 N–H and O–H groups in total. The number of rotatable bonds is 5. The van der Waals surface area contributed by atoms with Gasteiger partial charge < -0.3 is 10.6 Å². The maximum absolute atomic E-state index is 12.5. The van der Waals surface area contributed by atoms with Crippen molar-refractivity contribution < 1.29 is 4.79 Å². The third-order valence-electron chi connectivity index (χ3n) is 4.35. The van der Waals surface area contributed by atoms with E-state index in [4.69, 9.17) is 0 Å². The van der Waals surface area contributed by atoms with Crippen LogP contribution in [0, 0.1) is 5.92 Å². The second-order valence-corrected chi connectivity index (χ2v) is 7.09. The van der Waals surface area contributed by atoms with E-state index < -0.39 is 0 Å². The predicted octanol–water partition coefficient (Wildman–Crippen LogP) is 1.66. The van der Waals surface area contributed by atoms with E-state index in [1.54, 1.807) is 12.1 Å². The van der Waals surface area contributed by atoms with Crippen LogP contribution in [0.1, 0.15) is 19.3 Å². The normalized spacial score (nSPS) is 17.8. The van der Waals surface area contributed by atoms with Gasteiger partial charge in [0, 0.05) is 24.0 Å². The van der Waals surface area contributed by atoms with Crippen LogP contribution >= 0.6 is 15.9 Å². The number of benzene rings is 1. The minimum atomic E-state index is -0.120. The number of nitrogens with one attached hydrogen (secondary N) is 2. The number of nitrogens with zero attached hydrogens (tertiary/aromatic N) is 2. The maximum Gasteiger partial charge on any atom is 0.261 e. The lowest BCUT2D eigenvalue weighted by atomic mass is 10.00. The van der Waals surface area contributed by atoms with Crippen LogP contribution in [0.5, 0.6) is 0 Å². The first-order valence-corrected chi connectivity index (χ1v) is 9.05. The summed E-state index contributed by atoms with van der Waals surface area (Å²) in [5, 5.41) is 6.86. The van der Waals surface area contributed by atoms with Crippen molar-refractivity contribution in [2.24, 2.45) is 5.92 Å². The largest absolute Gasteiger partial charge is 0.356 e. The van der Waals surface area contributed by atoms with Gasteiger partial charge in [-0.2, -0.15) is 0 Å². The lowest BCUT2D eigenvalue weighted by Crippen LogP contribution is -2.38. The molecule has 1 unspecified atom stereocenters. The molecular weight excluding hydrogens is 372 g/mol. The van der Waals surface area contributed by atoms with Crippen LogP contribution in [0.4, 0.5) is 0 Å². The van der Waals surface area contributed by atoms with E-state index in [1.165, 1.54) is 10.9 Å². The van der Waals surface area contributed by atoms with Crippen LogP contribution in [0.3, 0.4) is 0 Å². The number of hydrogen-bond acceptors (Lipinski definition) is 4. The highest BCUT2D eigenvalue weighted by Gasteiger charge is 2.14. The molecule has 1 aromatic heterocycles. The number of amides is 1. The summed E-state index contributed by atoms with van der Waals surface area (Å²) in [6.45, 7) is 3.06. The van der Waals surface area contributed by atoms with Gasteiger partial charge in [0.1, 0.15) is 0 Å². The Hall–Kier alpha value is -1.73. The maximum atomic E-state index is 12.5. The van der Waals surface area contributed by atoms with E-state index in [0.29, 0.717) is 29.9 Å². The molecule has 1 saturated heterocycles. The summed E-state index contributed by atoms with van der Waals surface area (Å²) in [5.74, 6) is 0.479. The highest BCUT2D eigenvalue weighted by atomic mass is 79.9. The summed E-state index contributed by atoms with van der Waals surface area (Å²) in [6.07, 6.45) is 4.10. The molecule has 3 rings (SSSR count). The minimum absolute atomic E-state index is 0.0261. The molecule has 7 heteroatoms. The molecule has 0 aliphatic carbocycles. The van der Waals surface area contributed by atoms with E-state index in [2.05, 4.69) is 31.5 Å². The van der Waals surface area contributed by atoms with Crippen molar-refractivity contribution in [2.45, 2.75) is 25.8 Å². The highest BCUT2D eigenvalue weighted by Crippen LogP contribution is 2.14. The second kappa shape index (κ2) is 7.90. The van der Waals surface area contributed by atoms with Crippen LogP contribution in [-0.4, -0.2) is 35.1 Å². The van der Waals surface area contributed by atoms with Crippen molar-refractivity contribution in [2.75, 3.05) is 19.6 Å². The molecule has 128 valence electrons. The molecule has 1 fully saturated rings. The van der Waals surface area contributed by atoms with E-state index in [9.17, 15) is 9.59 Å². The third-order valence-corrected chi connectivity index (χ3v) is 4.85. The summed E-state index contributed by atoms with van der Waals surface area (Å²) in [5.41, 5.74) is 0.541. The number of carbonyl (C=O) groups excluding carboxylic acids is 1. The van der Waals surface area contributed by atoms with Crippen molar-refractivity contribution >= 4 is 32.7 Å². The summed E-state index contributed by atoms with van der Waals surface area (Å²) < 4.78 is 2.33. The molecule has 1 amide bonds. The number of halogens is 1. The zero-order valence-electron chi connectivity index (χ0n) is 13.4. The average Bonchev–Trinajstić information content (AvgIpc) is 2.61. The van der Waals surface area contributed by atoms with Crippen molar-refractivity contribution in [1.82, 2.24) is 20.2 Å². The summed E-state index contributed by atoms with van der Waals surface area (Å²) in [4.78, 5) is 28.8. The molecular formula is C17H21BrN4O2. The van der Waals surface area contributed by atoms with Gasteiger partial charge in [0.25, 0.3) is 5.56 Å². The topological polar surface area (TPSA) is 76.0 Å². The van der Waals surface area contributed by atoms with Crippen LogP contribution in [0.25, 0.3) is 10.9 Å². The number of fused-ring (bicyclic) bond motifs is 1. The molecule has 0 spiro atoms. The third kappa shape index (κ3) is 4.21. The number of hydrogen-bond donors (Lipinski definition) is 2. The molecule has 2 aromatic rings. The van der Waals surface area contributed by atoms with Crippen LogP contribution < -0.4 is 16.2 Å². The van der Waals surface area contributed by atoms with Gasteiger partial charge in [-0.3, -0.25) is 14.2 Å². The number of aryl methyl sites for hydroxylation is 1. The first-order chi connectivity index (χ1) is 11.6. The molecule has 6 nitrogen and oxygen atoms in total. The zero-order valence-corrected chi connectivity index (χ0v) is 15.0. The Morgan fingerprint density at radius 3 is 3.12 bits per heavy atom. The van der Waals surface area contributed by atoms with Crippen LogP contribution in [0.2, 0.25) is 0 Å². The Labute approximate surface area is 148 Å². The number of piperidine rings is 1. The molecule has 1 atom stereocenters. The zero-order chi connectivity index (χ0) is 16.9. The van der Waals surface area contributed by atoms with Crippen molar-refractivity contribution in [3.05, 3.63) is 39.4 Å². The van der Waals surface area contributed by atoms with Gasteiger partial charge in [-0.1, -0.05) is 15.9 Å². The fourth-order valence-electron chi connectivity index (χ4n) is 2.96. The molecule has 24 heavy (non-hydrogen) atoms. The Morgan fingerprint density at radius 1 is 1.46 bits per heavy atom. The summed E-state index contributed by atoms with van der Waals surface area (Å²) in [6, 6.07) is 5.42. The van der Waals surface area contributed by atoms with Crippen LogP contribution in [0.15, 0.2) is 33.8 Å². The molecule has 0 bridgehead atoms. The van der Waals surface area contributed by atoms with Gasteiger partial charge in [0.15, 0.2) is 0 Å². The SMILES string of the molecule is O=C(CCn1cnc2ccc(Br)cc2c1=O)NCC1CCCNC1. The first kappa shape index (κ1) is 17.1. The predicted molar refractivity (Wildman–Crippen MR) is 96.9 cm³/mol. The van der Waals surface area contributed by atoms with Gasteiger partial charge in [-0.05, 0) is 50.0 Å². The number of aromatic nitrogens is 2. The fourth-order valence-corrected chi connectivity index (χ4v) is 3.32. The quantitative estimate of drug-likeness (QED) is 0.811. The molecule has 1 aliphatic heterocycles. The first-order valence-electron chi connectivity index (χ1n) is 8.25. The molecule has 0 radical (unpaired) electrons. The Kier molecular flexibility index (Phi) is 5.63. The van der Waals surface area contributed by atoms with Crippen LogP contribution in [-0.2, 0) is 11.3 Å². The average molecular weight is 393 g/mol. The molecule has 1 aromatic carbocycles. The van der Waals surface area contributed by atoms with E-state index in [-0.39, 0.29) is 17.9 Å². The second-order valence-electron chi connectivity index (χ2n) is 6.17. The minimum Gasteiger partial charge on any atom is -0.356 e. The van der Waals surface area contributed by atoms with Crippen molar-refractivity contribution in [1.29, 1.82) is 0 Å². The van der Waals surface area contributed by atoms with E-state index in [0.717, 1.165) is 30.4 Å². The summed E-state index contributed by atoms with van der Waals surface area (Å²) in [7, 11) is 0. The van der Waals surface area contributed by atoms with Crippen molar-refractivity contribution in [3.8, 4) is 0 Å².